The number of aromatic nitrogens is 2. The second-order valence-electron chi connectivity index (χ2n) is 4.36. The SMILES string of the molecule is CCN(c1cc(N)nc(SC)n1)C1CCCC1. The Balaban J connectivity index is 2.25. The summed E-state index contributed by atoms with van der Waals surface area (Å²) in [5.74, 6) is 1.55. The molecule has 0 aliphatic heterocycles. The molecule has 5 heteroatoms. The summed E-state index contributed by atoms with van der Waals surface area (Å²) in [7, 11) is 0. The van der Waals surface area contributed by atoms with Crippen LogP contribution in [0.3, 0.4) is 0 Å². The molecule has 1 heterocycles. The molecule has 2 rings (SSSR count). The lowest BCUT2D eigenvalue weighted by Gasteiger charge is -2.29. The van der Waals surface area contributed by atoms with Gasteiger partial charge in [0.15, 0.2) is 5.16 Å². The lowest BCUT2D eigenvalue weighted by atomic mass is 10.2. The summed E-state index contributed by atoms with van der Waals surface area (Å²) >= 11 is 1.54. The second-order valence-corrected chi connectivity index (χ2v) is 5.14. The van der Waals surface area contributed by atoms with Gasteiger partial charge in [0.25, 0.3) is 0 Å². The van der Waals surface area contributed by atoms with Crippen molar-refractivity contribution in [1.82, 2.24) is 9.97 Å². The molecular weight excluding hydrogens is 232 g/mol. The Morgan fingerprint density at radius 2 is 2.12 bits per heavy atom. The van der Waals surface area contributed by atoms with Crippen LogP contribution in [0.25, 0.3) is 0 Å². The molecule has 0 aromatic carbocycles. The van der Waals surface area contributed by atoms with Crippen molar-refractivity contribution in [2.24, 2.45) is 0 Å². The quantitative estimate of drug-likeness (QED) is 0.659. The van der Waals surface area contributed by atoms with Crippen LogP contribution in [0.5, 0.6) is 0 Å². The van der Waals surface area contributed by atoms with E-state index in [9.17, 15) is 0 Å². The number of hydrogen-bond acceptors (Lipinski definition) is 5. The molecular formula is C12H20N4S. The van der Waals surface area contributed by atoms with Crippen LogP contribution in [0, 0.1) is 0 Å². The Kier molecular flexibility index (Phi) is 4.10. The van der Waals surface area contributed by atoms with Crippen LogP contribution < -0.4 is 10.6 Å². The van der Waals surface area contributed by atoms with Crippen molar-refractivity contribution in [2.45, 2.75) is 43.8 Å². The summed E-state index contributed by atoms with van der Waals surface area (Å²) in [6, 6.07) is 2.52. The lowest BCUT2D eigenvalue weighted by Crippen LogP contribution is -2.33. The van der Waals surface area contributed by atoms with Gasteiger partial charge < -0.3 is 10.6 Å². The Labute approximate surface area is 107 Å². The minimum atomic E-state index is 0.566. The van der Waals surface area contributed by atoms with Gasteiger partial charge in [0, 0.05) is 18.7 Å². The first-order chi connectivity index (χ1) is 8.24. The van der Waals surface area contributed by atoms with Crippen molar-refractivity contribution in [2.75, 3.05) is 23.4 Å². The first-order valence-corrected chi connectivity index (χ1v) is 7.42. The van der Waals surface area contributed by atoms with E-state index in [0.717, 1.165) is 17.5 Å². The van der Waals surface area contributed by atoms with E-state index in [4.69, 9.17) is 5.73 Å². The van der Waals surface area contributed by atoms with Gasteiger partial charge in [-0.25, -0.2) is 9.97 Å². The fourth-order valence-electron chi connectivity index (χ4n) is 2.49. The highest BCUT2D eigenvalue weighted by Gasteiger charge is 2.23. The van der Waals surface area contributed by atoms with Crippen molar-refractivity contribution in [3.05, 3.63) is 6.07 Å². The van der Waals surface area contributed by atoms with E-state index in [1.807, 2.05) is 12.3 Å². The molecule has 1 aromatic heterocycles. The summed E-state index contributed by atoms with van der Waals surface area (Å²) in [6.07, 6.45) is 7.18. The van der Waals surface area contributed by atoms with Crippen LogP contribution >= 0.6 is 11.8 Å². The topological polar surface area (TPSA) is 55.0 Å². The van der Waals surface area contributed by atoms with E-state index in [1.165, 1.54) is 37.4 Å². The molecule has 94 valence electrons. The molecule has 0 bridgehead atoms. The van der Waals surface area contributed by atoms with Crippen LogP contribution in [0.2, 0.25) is 0 Å². The second kappa shape index (κ2) is 5.58. The maximum absolute atomic E-state index is 5.84. The van der Waals surface area contributed by atoms with Crippen molar-refractivity contribution in [3.8, 4) is 0 Å². The molecule has 0 atom stereocenters. The van der Waals surface area contributed by atoms with E-state index in [2.05, 4.69) is 21.8 Å². The van der Waals surface area contributed by atoms with Crippen LogP contribution in [-0.4, -0.2) is 28.8 Å². The van der Waals surface area contributed by atoms with Crippen molar-refractivity contribution in [3.63, 3.8) is 0 Å². The molecule has 4 nitrogen and oxygen atoms in total. The maximum Gasteiger partial charge on any atom is 0.191 e. The molecule has 0 radical (unpaired) electrons. The van der Waals surface area contributed by atoms with Gasteiger partial charge in [0.05, 0.1) is 0 Å². The smallest absolute Gasteiger partial charge is 0.191 e. The molecule has 1 aliphatic rings. The third-order valence-electron chi connectivity index (χ3n) is 3.29. The van der Waals surface area contributed by atoms with Gasteiger partial charge in [-0.3, -0.25) is 0 Å². The van der Waals surface area contributed by atoms with Crippen LogP contribution in [0.4, 0.5) is 11.6 Å². The van der Waals surface area contributed by atoms with E-state index in [1.54, 1.807) is 0 Å². The zero-order valence-electron chi connectivity index (χ0n) is 10.5. The van der Waals surface area contributed by atoms with Gasteiger partial charge >= 0.3 is 0 Å². The monoisotopic (exact) mass is 252 g/mol. The molecule has 2 N–H and O–H groups in total. The van der Waals surface area contributed by atoms with Crippen LogP contribution in [-0.2, 0) is 0 Å². The number of anilines is 2. The highest BCUT2D eigenvalue weighted by atomic mass is 32.2. The zero-order valence-corrected chi connectivity index (χ0v) is 11.3. The number of rotatable bonds is 4. The first kappa shape index (κ1) is 12.5. The number of nitrogens with zero attached hydrogens (tertiary/aromatic N) is 3. The van der Waals surface area contributed by atoms with Crippen molar-refractivity contribution >= 4 is 23.4 Å². The summed E-state index contributed by atoms with van der Waals surface area (Å²) in [6.45, 7) is 3.16. The Morgan fingerprint density at radius 3 is 2.71 bits per heavy atom. The molecule has 1 aliphatic carbocycles. The summed E-state index contributed by atoms with van der Waals surface area (Å²) in [5, 5.41) is 0.761. The summed E-state index contributed by atoms with van der Waals surface area (Å²) in [4.78, 5) is 11.1. The van der Waals surface area contributed by atoms with Crippen LogP contribution in [0.15, 0.2) is 11.2 Å². The van der Waals surface area contributed by atoms with Crippen LogP contribution in [0.1, 0.15) is 32.6 Å². The van der Waals surface area contributed by atoms with Crippen molar-refractivity contribution < 1.29 is 0 Å². The molecule has 0 amide bonds. The lowest BCUT2D eigenvalue weighted by molar-refractivity contribution is 0.609. The predicted molar refractivity (Wildman–Crippen MR) is 73.5 cm³/mol. The summed E-state index contributed by atoms with van der Waals surface area (Å²) < 4.78 is 0. The fraction of sp³-hybridized carbons (Fsp3) is 0.667. The van der Waals surface area contributed by atoms with E-state index in [-0.39, 0.29) is 0 Å². The maximum atomic E-state index is 5.84. The zero-order chi connectivity index (χ0) is 12.3. The van der Waals surface area contributed by atoms with Crippen molar-refractivity contribution in [1.29, 1.82) is 0 Å². The number of hydrogen-bond donors (Lipinski definition) is 1. The normalized spacial score (nSPS) is 16.4. The Hall–Kier alpha value is -0.970. The van der Waals surface area contributed by atoms with Gasteiger partial charge in [-0.2, -0.15) is 0 Å². The number of nitrogen functional groups attached to an aromatic ring is 1. The summed E-state index contributed by atoms with van der Waals surface area (Å²) in [5.41, 5.74) is 5.84. The average molecular weight is 252 g/mol. The first-order valence-electron chi connectivity index (χ1n) is 6.19. The minimum Gasteiger partial charge on any atom is -0.383 e. The molecule has 0 unspecified atom stereocenters. The highest BCUT2D eigenvalue weighted by molar-refractivity contribution is 7.98. The third-order valence-corrected chi connectivity index (χ3v) is 3.84. The van der Waals surface area contributed by atoms with E-state index in [0.29, 0.717) is 11.9 Å². The third kappa shape index (κ3) is 2.83. The largest absolute Gasteiger partial charge is 0.383 e. The molecule has 0 saturated heterocycles. The fourth-order valence-corrected chi connectivity index (χ4v) is 2.87. The van der Waals surface area contributed by atoms with Gasteiger partial charge in [-0.15, -0.1) is 0 Å². The molecule has 17 heavy (non-hydrogen) atoms. The van der Waals surface area contributed by atoms with Gasteiger partial charge in [0.1, 0.15) is 11.6 Å². The standard InChI is InChI=1S/C12H20N4S/c1-3-16(9-6-4-5-7-9)11-8-10(13)14-12(15-11)17-2/h8-9H,3-7H2,1-2H3,(H2,13,14,15). The Morgan fingerprint density at radius 1 is 1.41 bits per heavy atom. The van der Waals surface area contributed by atoms with Gasteiger partial charge in [-0.05, 0) is 26.0 Å². The highest BCUT2D eigenvalue weighted by Crippen LogP contribution is 2.28. The number of nitrogens with two attached hydrogens (primary N) is 1. The van der Waals surface area contributed by atoms with Gasteiger partial charge in [-0.1, -0.05) is 24.6 Å². The molecule has 1 saturated carbocycles. The molecule has 0 spiro atoms. The van der Waals surface area contributed by atoms with E-state index < -0.39 is 0 Å². The predicted octanol–water partition coefficient (Wildman–Crippen LogP) is 2.55. The Bertz CT molecular complexity index is 377. The number of thioether (sulfide) groups is 1. The minimum absolute atomic E-state index is 0.566. The molecule has 1 fully saturated rings. The van der Waals surface area contributed by atoms with Gasteiger partial charge in [0.2, 0.25) is 0 Å². The molecule has 1 aromatic rings. The van der Waals surface area contributed by atoms with E-state index >= 15 is 0 Å². The average Bonchev–Trinajstić information content (AvgIpc) is 2.83.